The van der Waals surface area contributed by atoms with Crippen LogP contribution < -0.4 is 11.1 Å². The third kappa shape index (κ3) is 5.17. The molecule has 0 aliphatic heterocycles. The van der Waals surface area contributed by atoms with Gasteiger partial charge in [-0.15, -0.1) is 0 Å². The van der Waals surface area contributed by atoms with E-state index in [0.717, 1.165) is 19.3 Å². The van der Waals surface area contributed by atoms with Gasteiger partial charge in [0.2, 0.25) is 5.91 Å². The fourth-order valence-corrected chi connectivity index (χ4v) is 2.32. The van der Waals surface area contributed by atoms with Gasteiger partial charge in [0.15, 0.2) is 0 Å². The Bertz CT molecular complexity index is 204. The Morgan fingerprint density at radius 3 is 2.80 bits per heavy atom. The molecule has 0 aromatic heterocycles. The molecule has 1 aliphatic carbocycles. The Morgan fingerprint density at radius 1 is 1.47 bits per heavy atom. The predicted octanol–water partition coefficient (Wildman–Crippen LogP) is 1.81. The van der Waals surface area contributed by atoms with Crippen molar-refractivity contribution in [1.29, 1.82) is 0 Å². The van der Waals surface area contributed by atoms with Crippen molar-refractivity contribution in [2.45, 2.75) is 64.5 Å². The van der Waals surface area contributed by atoms with Gasteiger partial charge < -0.3 is 11.1 Å². The van der Waals surface area contributed by atoms with Crippen LogP contribution in [0.15, 0.2) is 0 Å². The van der Waals surface area contributed by atoms with Crippen molar-refractivity contribution in [3.63, 3.8) is 0 Å². The van der Waals surface area contributed by atoms with Gasteiger partial charge in [-0.3, -0.25) is 4.79 Å². The molecule has 1 amide bonds. The summed E-state index contributed by atoms with van der Waals surface area (Å²) in [5, 5.41) is 2.92. The van der Waals surface area contributed by atoms with E-state index in [-0.39, 0.29) is 11.9 Å². The first-order valence-corrected chi connectivity index (χ1v) is 6.13. The largest absolute Gasteiger partial charge is 0.354 e. The summed E-state index contributed by atoms with van der Waals surface area (Å²) in [6, 6.07) is 0.628. The quantitative estimate of drug-likeness (QED) is 0.746. The van der Waals surface area contributed by atoms with Crippen molar-refractivity contribution < 1.29 is 4.79 Å². The fraction of sp³-hybridized carbons (Fsp3) is 0.917. The summed E-state index contributed by atoms with van der Waals surface area (Å²) in [6.07, 6.45) is 6.42. The molecule has 0 aromatic carbocycles. The van der Waals surface area contributed by atoms with Gasteiger partial charge in [-0.25, -0.2) is 0 Å². The smallest absolute Gasteiger partial charge is 0.220 e. The highest BCUT2D eigenvalue weighted by molar-refractivity contribution is 5.76. The number of hydrogen-bond acceptors (Lipinski definition) is 2. The van der Waals surface area contributed by atoms with Gasteiger partial charge in [0.1, 0.15) is 0 Å². The Labute approximate surface area is 92.8 Å². The molecule has 0 saturated heterocycles. The fourth-order valence-electron chi connectivity index (χ4n) is 2.32. The Balaban J connectivity index is 2.16. The molecular weight excluding hydrogens is 188 g/mol. The standard InChI is InChI=1S/C12H24N2O/c1-9(2)14-12(15)7-6-10-4-3-5-11(13)8-10/h9-11H,3-8,13H2,1-2H3,(H,14,15). The molecule has 3 N–H and O–H groups in total. The van der Waals surface area contributed by atoms with Crippen LogP contribution in [0.25, 0.3) is 0 Å². The van der Waals surface area contributed by atoms with E-state index in [9.17, 15) is 4.79 Å². The summed E-state index contributed by atoms with van der Waals surface area (Å²) in [5.74, 6) is 0.857. The number of nitrogens with two attached hydrogens (primary N) is 1. The van der Waals surface area contributed by atoms with Crippen LogP contribution in [0.1, 0.15) is 52.4 Å². The van der Waals surface area contributed by atoms with Crippen LogP contribution in [0, 0.1) is 5.92 Å². The Kier molecular flexibility index (Phi) is 5.09. The van der Waals surface area contributed by atoms with E-state index in [2.05, 4.69) is 5.32 Å². The van der Waals surface area contributed by atoms with E-state index in [1.807, 2.05) is 13.8 Å². The van der Waals surface area contributed by atoms with Gasteiger partial charge in [-0.2, -0.15) is 0 Å². The van der Waals surface area contributed by atoms with Crippen LogP contribution >= 0.6 is 0 Å². The van der Waals surface area contributed by atoms with Crippen LogP contribution in [0.5, 0.6) is 0 Å². The maximum atomic E-state index is 11.4. The molecular formula is C12H24N2O. The average Bonchev–Trinajstić information content (AvgIpc) is 2.14. The molecule has 0 aromatic rings. The van der Waals surface area contributed by atoms with Crippen molar-refractivity contribution in [2.24, 2.45) is 11.7 Å². The van der Waals surface area contributed by atoms with Gasteiger partial charge in [0.05, 0.1) is 0 Å². The van der Waals surface area contributed by atoms with E-state index in [1.165, 1.54) is 12.8 Å². The molecule has 1 saturated carbocycles. The average molecular weight is 212 g/mol. The summed E-state index contributed by atoms with van der Waals surface area (Å²) < 4.78 is 0. The van der Waals surface area contributed by atoms with Crippen LogP contribution in [-0.2, 0) is 4.79 Å². The van der Waals surface area contributed by atoms with E-state index < -0.39 is 0 Å². The van der Waals surface area contributed by atoms with Crippen molar-refractivity contribution >= 4 is 5.91 Å². The van der Waals surface area contributed by atoms with Crippen LogP contribution in [0.2, 0.25) is 0 Å². The second-order valence-electron chi connectivity index (χ2n) is 5.05. The molecule has 0 bridgehead atoms. The first-order valence-electron chi connectivity index (χ1n) is 6.13. The highest BCUT2D eigenvalue weighted by Gasteiger charge is 2.19. The van der Waals surface area contributed by atoms with Gasteiger partial charge >= 0.3 is 0 Å². The lowest BCUT2D eigenvalue weighted by atomic mass is 9.83. The molecule has 2 atom stereocenters. The summed E-state index contributed by atoms with van der Waals surface area (Å²) in [5.41, 5.74) is 5.91. The SMILES string of the molecule is CC(C)NC(=O)CCC1CCCC(N)C1. The van der Waals surface area contributed by atoms with Crippen LogP contribution in [0.4, 0.5) is 0 Å². The number of carbonyl (C=O) groups is 1. The van der Waals surface area contributed by atoms with Crippen molar-refractivity contribution in [2.75, 3.05) is 0 Å². The minimum Gasteiger partial charge on any atom is -0.354 e. The van der Waals surface area contributed by atoms with Crippen molar-refractivity contribution in [3.8, 4) is 0 Å². The lowest BCUT2D eigenvalue weighted by molar-refractivity contribution is -0.121. The normalized spacial score (nSPS) is 26.7. The number of carbonyl (C=O) groups excluding carboxylic acids is 1. The van der Waals surface area contributed by atoms with Crippen molar-refractivity contribution in [1.82, 2.24) is 5.32 Å². The maximum absolute atomic E-state index is 11.4. The molecule has 1 aliphatic rings. The molecule has 2 unspecified atom stereocenters. The molecule has 1 rings (SSSR count). The molecule has 3 heteroatoms. The van der Waals surface area contributed by atoms with Gasteiger partial charge in [-0.05, 0) is 39.0 Å². The summed E-state index contributed by atoms with van der Waals surface area (Å²) in [6.45, 7) is 3.99. The zero-order chi connectivity index (χ0) is 11.3. The zero-order valence-electron chi connectivity index (χ0n) is 9.96. The molecule has 3 nitrogen and oxygen atoms in total. The summed E-state index contributed by atoms with van der Waals surface area (Å²) >= 11 is 0. The minimum atomic E-state index is 0.184. The molecule has 1 fully saturated rings. The molecule has 0 radical (unpaired) electrons. The third-order valence-corrected chi connectivity index (χ3v) is 3.05. The maximum Gasteiger partial charge on any atom is 0.220 e. The van der Waals surface area contributed by atoms with Crippen LogP contribution in [-0.4, -0.2) is 18.0 Å². The highest BCUT2D eigenvalue weighted by Crippen LogP contribution is 2.26. The molecule has 0 spiro atoms. The number of hydrogen-bond donors (Lipinski definition) is 2. The van der Waals surface area contributed by atoms with E-state index in [1.54, 1.807) is 0 Å². The van der Waals surface area contributed by atoms with Gasteiger partial charge in [-0.1, -0.05) is 12.8 Å². The number of rotatable bonds is 4. The molecule has 0 heterocycles. The van der Waals surface area contributed by atoms with Crippen molar-refractivity contribution in [3.05, 3.63) is 0 Å². The van der Waals surface area contributed by atoms with Gasteiger partial charge in [0, 0.05) is 18.5 Å². The lowest BCUT2D eigenvalue weighted by Gasteiger charge is -2.26. The minimum absolute atomic E-state index is 0.184. The lowest BCUT2D eigenvalue weighted by Crippen LogP contribution is -2.32. The highest BCUT2D eigenvalue weighted by atomic mass is 16.1. The topological polar surface area (TPSA) is 55.1 Å². The molecule has 15 heavy (non-hydrogen) atoms. The Hall–Kier alpha value is -0.570. The van der Waals surface area contributed by atoms with E-state index in [0.29, 0.717) is 18.4 Å². The summed E-state index contributed by atoms with van der Waals surface area (Å²) in [4.78, 5) is 11.4. The van der Waals surface area contributed by atoms with E-state index in [4.69, 9.17) is 5.73 Å². The van der Waals surface area contributed by atoms with Gasteiger partial charge in [0.25, 0.3) is 0 Å². The third-order valence-electron chi connectivity index (χ3n) is 3.05. The monoisotopic (exact) mass is 212 g/mol. The first-order chi connectivity index (χ1) is 7.08. The summed E-state index contributed by atoms with van der Waals surface area (Å²) in [7, 11) is 0. The van der Waals surface area contributed by atoms with Crippen LogP contribution in [0.3, 0.4) is 0 Å². The number of amides is 1. The second-order valence-corrected chi connectivity index (χ2v) is 5.05. The van der Waals surface area contributed by atoms with E-state index >= 15 is 0 Å². The zero-order valence-corrected chi connectivity index (χ0v) is 9.96. The predicted molar refractivity (Wildman–Crippen MR) is 62.4 cm³/mol. The first kappa shape index (κ1) is 12.5. The number of nitrogens with one attached hydrogen (secondary N) is 1. The molecule has 88 valence electrons. The second kappa shape index (κ2) is 6.11. The Morgan fingerprint density at radius 2 is 2.20 bits per heavy atom.